The number of aliphatic hydroxyl groups excluding tert-OH is 7. The molecule has 0 aromatic carbocycles. The molecule has 52 heavy (non-hydrogen) atoms. The van der Waals surface area contributed by atoms with Crippen molar-refractivity contribution < 1.29 is 50.0 Å². The molecule has 9 atom stereocenters. The van der Waals surface area contributed by atoms with E-state index in [1.165, 1.54) is 25.7 Å². The first-order valence-electron chi connectivity index (χ1n) is 20.0. The van der Waals surface area contributed by atoms with Gasteiger partial charge in [0.2, 0.25) is 5.91 Å². The molecule has 11 heteroatoms. The lowest BCUT2D eigenvalue weighted by molar-refractivity contribution is -0.303. The molecule has 11 nitrogen and oxygen atoms in total. The molecule has 1 aliphatic heterocycles. The van der Waals surface area contributed by atoms with Crippen molar-refractivity contribution in [2.45, 2.75) is 191 Å². The van der Waals surface area contributed by atoms with Crippen LogP contribution in [0.5, 0.6) is 0 Å². The standard InChI is InChI=1S/C41H73NO10/c1-3-5-7-9-11-13-15-16-17-18-19-21-22-24-26-28-33(44)36(46)32(31-51-41-39(49)38(48)37(47)35(30-43)52-41)42-40(50)34(45)29-27-25-23-20-14-12-10-8-6-4-2/h9-12,16-17,21-22,32-39,41,43-49H,3-8,13-15,18-20,23-31H2,1-2H3,(H,42,50)/b11-9+,12-10-,17-16+,22-21+. The summed E-state index contributed by atoms with van der Waals surface area (Å²) in [6.07, 6.45) is 23.2. The first-order valence-corrected chi connectivity index (χ1v) is 20.0. The topological polar surface area (TPSA) is 189 Å². The van der Waals surface area contributed by atoms with E-state index < -0.39 is 74.2 Å². The van der Waals surface area contributed by atoms with E-state index in [9.17, 15) is 40.5 Å². The molecular formula is C41H73NO10. The second-order valence-electron chi connectivity index (χ2n) is 14.0. The summed E-state index contributed by atoms with van der Waals surface area (Å²) < 4.78 is 11.0. The Morgan fingerprint density at radius 2 is 1.15 bits per heavy atom. The van der Waals surface area contributed by atoms with Gasteiger partial charge in [-0.15, -0.1) is 0 Å². The lowest BCUT2D eigenvalue weighted by Gasteiger charge is -2.40. The number of aliphatic hydroxyl groups is 7. The molecule has 1 heterocycles. The Morgan fingerprint density at radius 1 is 0.654 bits per heavy atom. The van der Waals surface area contributed by atoms with Crippen LogP contribution in [0.25, 0.3) is 0 Å². The van der Waals surface area contributed by atoms with E-state index in [1.54, 1.807) is 0 Å². The quantitative estimate of drug-likeness (QED) is 0.0353. The average molecular weight is 740 g/mol. The Balaban J connectivity index is 2.60. The molecule has 1 amide bonds. The maximum Gasteiger partial charge on any atom is 0.249 e. The van der Waals surface area contributed by atoms with Crippen LogP contribution in [0.15, 0.2) is 48.6 Å². The van der Waals surface area contributed by atoms with Crippen LogP contribution in [-0.2, 0) is 14.3 Å². The first-order chi connectivity index (χ1) is 25.2. The van der Waals surface area contributed by atoms with Crippen LogP contribution < -0.4 is 5.32 Å². The van der Waals surface area contributed by atoms with E-state index in [-0.39, 0.29) is 12.8 Å². The Hall–Kier alpha value is -1.93. The number of allylic oxidation sites excluding steroid dienone is 8. The van der Waals surface area contributed by atoms with Gasteiger partial charge >= 0.3 is 0 Å². The summed E-state index contributed by atoms with van der Waals surface area (Å²) in [5.41, 5.74) is 0. The van der Waals surface area contributed by atoms with Crippen molar-refractivity contribution >= 4 is 5.91 Å². The van der Waals surface area contributed by atoms with Crippen LogP contribution in [0.3, 0.4) is 0 Å². The summed E-state index contributed by atoms with van der Waals surface area (Å²) in [6, 6.07) is -1.20. The van der Waals surface area contributed by atoms with Crippen molar-refractivity contribution in [1.29, 1.82) is 0 Å². The third-order valence-corrected chi connectivity index (χ3v) is 9.31. The van der Waals surface area contributed by atoms with Gasteiger partial charge in [-0.05, 0) is 77.0 Å². The van der Waals surface area contributed by atoms with Crippen LogP contribution in [-0.4, -0.2) is 110 Å². The molecule has 0 radical (unpaired) electrons. The second-order valence-corrected chi connectivity index (χ2v) is 14.0. The number of rotatable bonds is 31. The van der Waals surface area contributed by atoms with Crippen LogP contribution in [0.4, 0.5) is 0 Å². The summed E-state index contributed by atoms with van der Waals surface area (Å²) in [5.74, 6) is -0.729. The highest BCUT2D eigenvalue weighted by Crippen LogP contribution is 2.23. The van der Waals surface area contributed by atoms with Gasteiger partial charge in [-0.25, -0.2) is 0 Å². The first kappa shape index (κ1) is 48.1. The third kappa shape index (κ3) is 21.7. The van der Waals surface area contributed by atoms with E-state index in [2.05, 4.69) is 61.7 Å². The molecule has 0 saturated carbocycles. The van der Waals surface area contributed by atoms with Gasteiger partial charge in [0.05, 0.1) is 25.4 Å². The van der Waals surface area contributed by atoms with Gasteiger partial charge in [-0.1, -0.05) is 107 Å². The summed E-state index contributed by atoms with van der Waals surface area (Å²) in [4.78, 5) is 13.0. The number of nitrogens with one attached hydrogen (secondary N) is 1. The molecule has 0 aliphatic carbocycles. The fourth-order valence-electron chi connectivity index (χ4n) is 5.85. The Labute approximate surface area is 313 Å². The molecule has 1 aliphatic rings. The van der Waals surface area contributed by atoms with Gasteiger partial charge in [0.1, 0.15) is 36.6 Å². The minimum Gasteiger partial charge on any atom is -0.394 e. The minimum atomic E-state index is -1.67. The second kappa shape index (κ2) is 31.4. The maximum absolute atomic E-state index is 13.0. The smallest absolute Gasteiger partial charge is 0.249 e. The van der Waals surface area contributed by atoms with Crippen molar-refractivity contribution in [2.75, 3.05) is 13.2 Å². The number of amides is 1. The summed E-state index contributed by atoms with van der Waals surface area (Å²) in [6.45, 7) is 3.27. The molecule has 0 spiro atoms. The molecule has 1 rings (SSSR count). The van der Waals surface area contributed by atoms with E-state index >= 15 is 0 Å². The monoisotopic (exact) mass is 740 g/mol. The molecule has 0 bridgehead atoms. The molecule has 8 N–H and O–H groups in total. The molecule has 302 valence electrons. The van der Waals surface area contributed by atoms with E-state index in [1.807, 2.05) is 6.08 Å². The van der Waals surface area contributed by atoms with Crippen molar-refractivity contribution in [3.05, 3.63) is 48.6 Å². The zero-order valence-electron chi connectivity index (χ0n) is 32.0. The largest absolute Gasteiger partial charge is 0.394 e. The summed E-state index contributed by atoms with van der Waals surface area (Å²) >= 11 is 0. The Bertz CT molecular complexity index is 987. The lowest BCUT2D eigenvalue weighted by atomic mass is 9.98. The summed E-state index contributed by atoms with van der Waals surface area (Å²) in [5, 5.41) is 75.2. The van der Waals surface area contributed by atoms with Gasteiger partial charge in [0.15, 0.2) is 6.29 Å². The van der Waals surface area contributed by atoms with Gasteiger partial charge in [0, 0.05) is 0 Å². The number of carbonyl (C=O) groups is 1. The molecule has 1 fully saturated rings. The number of unbranched alkanes of at least 4 members (excludes halogenated alkanes) is 11. The zero-order chi connectivity index (χ0) is 38.4. The Kier molecular flexibility index (Phi) is 29.1. The third-order valence-electron chi connectivity index (χ3n) is 9.31. The number of hydrogen-bond acceptors (Lipinski definition) is 10. The van der Waals surface area contributed by atoms with E-state index in [0.717, 1.165) is 64.2 Å². The SMILES string of the molecule is CCCC/C=C\CCCCCCC(O)C(=O)NC(COC1OC(CO)C(O)C(O)C1O)C(O)C(O)CCC/C=C/CC/C=C/CC/C=C/CCCC. The number of hydrogen-bond donors (Lipinski definition) is 8. The van der Waals surface area contributed by atoms with Crippen molar-refractivity contribution in [1.82, 2.24) is 5.32 Å². The fourth-order valence-corrected chi connectivity index (χ4v) is 5.85. The van der Waals surface area contributed by atoms with E-state index in [0.29, 0.717) is 19.3 Å². The van der Waals surface area contributed by atoms with Gasteiger partial charge < -0.3 is 50.5 Å². The van der Waals surface area contributed by atoms with Crippen molar-refractivity contribution in [3.8, 4) is 0 Å². The number of ether oxygens (including phenoxy) is 2. The van der Waals surface area contributed by atoms with Gasteiger partial charge in [-0.3, -0.25) is 4.79 Å². The summed E-state index contributed by atoms with van der Waals surface area (Å²) in [7, 11) is 0. The minimum absolute atomic E-state index is 0.232. The fraction of sp³-hybridized carbons (Fsp3) is 0.780. The van der Waals surface area contributed by atoms with Gasteiger partial charge in [-0.2, -0.15) is 0 Å². The van der Waals surface area contributed by atoms with Crippen LogP contribution >= 0.6 is 0 Å². The van der Waals surface area contributed by atoms with Crippen molar-refractivity contribution in [2.24, 2.45) is 0 Å². The normalized spacial score (nSPS) is 23.6. The van der Waals surface area contributed by atoms with Crippen LogP contribution in [0.2, 0.25) is 0 Å². The number of carbonyl (C=O) groups excluding carboxylic acids is 1. The molecule has 9 unspecified atom stereocenters. The average Bonchev–Trinajstić information content (AvgIpc) is 3.14. The maximum atomic E-state index is 13.0. The predicted octanol–water partition coefficient (Wildman–Crippen LogP) is 5.05. The molecular weight excluding hydrogens is 666 g/mol. The lowest BCUT2D eigenvalue weighted by Crippen LogP contribution is -2.60. The van der Waals surface area contributed by atoms with Crippen molar-refractivity contribution in [3.63, 3.8) is 0 Å². The highest BCUT2D eigenvalue weighted by atomic mass is 16.7. The van der Waals surface area contributed by atoms with Gasteiger partial charge in [0.25, 0.3) is 0 Å². The molecule has 0 aromatic heterocycles. The highest BCUT2D eigenvalue weighted by molar-refractivity contribution is 5.80. The van der Waals surface area contributed by atoms with Crippen LogP contribution in [0.1, 0.15) is 136 Å². The highest BCUT2D eigenvalue weighted by Gasteiger charge is 2.44. The zero-order valence-corrected chi connectivity index (χ0v) is 32.0. The van der Waals surface area contributed by atoms with Crippen LogP contribution in [0, 0.1) is 0 Å². The molecule has 1 saturated heterocycles. The van der Waals surface area contributed by atoms with E-state index in [4.69, 9.17) is 9.47 Å². The molecule has 0 aromatic rings. The Morgan fingerprint density at radius 3 is 1.69 bits per heavy atom. The predicted molar refractivity (Wildman–Crippen MR) is 205 cm³/mol.